The number of nitrogens with zero attached hydrogens (tertiary/aromatic N) is 2. The second-order valence-electron chi connectivity index (χ2n) is 18.3. The number of aliphatic hydroxyl groups excluding tert-OH is 1. The minimum atomic E-state index is -4.26. The smallest absolute Gasteiger partial charge is 0.394 e. The topological polar surface area (TPSA) is 63.1 Å². The molecule has 3 aromatic carbocycles. The number of fused-ring (bicyclic) bond motifs is 1. The standard InChI is InChI=1S/C31H32F3N2.C17H32O2.Ir/c1-19-14-21(18-30(6,7)31(32,33)34)12-13-24(19)26-17-28(36-35-20(26)2)23-15-22-10-8-9-11-25(22)27(16-23)29(3,4)5;1-10(2)16(11(3)4)14(18)9-15(19)17(12(5)6)13(7)8;/h8-14,16-17H,18H2,1-7H3;9-13,16-18H,1-8H3;/q-1;;/b;14-9-;. The average molecular weight is 950 g/mol. The summed E-state index contributed by atoms with van der Waals surface area (Å²) in [6.45, 7) is 29.5. The van der Waals surface area contributed by atoms with Gasteiger partial charge < -0.3 is 5.11 Å². The van der Waals surface area contributed by atoms with Gasteiger partial charge in [0, 0.05) is 43.7 Å². The monoisotopic (exact) mass is 950 g/mol. The van der Waals surface area contributed by atoms with E-state index in [1.54, 1.807) is 6.07 Å². The van der Waals surface area contributed by atoms with Crippen molar-refractivity contribution in [2.75, 3.05) is 0 Å². The summed E-state index contributed by atoms with van der Waals surface area (Å²) in [5.41, 5.74) is 5.13. The van der Waals surface area contributed by atoms with Crippen LogP contribution in [0.5, 0.6) is 0 Å². The zero-order valence-electron chi connectivity index (χ0n) is 36.2. The minimum absolute atomic E-state index is 0. The van der Waals surface area contributed by atoms with Crippen LogP contribution in [0.3, 0.4) is 0 Å². The number of hydrogen-bond acceptors (Lipinski definition) is 4. The Labute approximate surface area is 348 Å². The number of hydrogen-bond donors (Lipinski definition) is 1. The molecule has 1 aromatic heterocycles. The number of halogens is 3. The molecule has 56 heavy (non-hydrogen) atoms. The first-order valence-electron chi connectivity index (χ1n) is 19.7. The van der Waals surface area contributed by atoms with Crippen molar-refractivity contribution in [2.24, 2.45) is 40.9 Å². The van der Waals surface area contributed by atoms with Crippen molar-refractivity contribution < 1.29 is 43.2 Å². The summed E-state index contributed by atoms with van der Waals surface area (Å²) in [6, 6.07) is 21.4. The fourth-order valence-corrected chi connectivity index (χ4v) is 7.81. The molecule has 0 fully saturated rings. The summed E-state index contributed by atoms with van der Waals surface area (Å²) in [7, 11) is 0. The Balaban J connectivity index is 0.000000463. The molecule has 0 aliphatic rings. The first-order chi connectivity index (χ1) is 25.3. The molecule has 0 aliphatic heterocycles. The molecule has 0 unspecified atom stereocenters. The Morgan fingerprint density at radius 2 is 1.32 bits per heavy atom. The van der Waals surface area contributed by atoms with E-state index in [9.17, 15) is 23.1 Å². The van der Waals surface area contributed by atoms with Crippen LogP contribution in [0.1, 0.15) is 112 Å². The minimum Gasteiger partial charge on any atom is -0.512 e. The molecule has 1 radical (unpaired) electrons. The summed E-state index contributed by atoms with van der Waals surface area (Å²) in [5, 5.41) is 21.4. The number of rotatable bonds is 11. The number of benzene rings is 3. The van der Waals surface area contributed by atoms with Gasteiger partial charge in [-0.2, -0.15) is 23.4 Å². The SMILES string of the molecule is CC(C)C(C(=O)/C=C(\O)C(C(C)C)C(C)C)C(C)C.Cc1cc(CC(C)(C)C(F)(F)F)ccc1-c1cc(-c2[c-]c3ccccc3c(C(C)(C)C)c2)nnc1C.[Ir]. The van der Waals surface area contributed by atoms with Crippen LogP contribution in [0.2, 0.25) is 0 Å². The van der Waals surface area contributed by atoms with Gasteiger partial charge in [-0.3, -0.25) is 4.79 Å². The van der Waals surface area contributed by atoms with Crippen LogP contribution in [0, 0.1) is 60.8 Å². The molecule has 0 saturated carbocycles. The second kappa shape index (κ2) is 19.4. The Bertz CT molecular complexity index is 1950. The van der Waals surface area contributed by atoms with Crippen LogP contribution in [0.4, 0.5) is 13.2 Å². The Morgan fingerprint density at radius 3 is 1.82 bits per heavy atom. The third kappa shape index (κ3) is 12.1. The van der Waals surface area contributed by atoms with Crippen molar-refractivity contribution in [3.63, 3.8) is 0 Å². The molecular formula is C48H64F3IrN2O2-. The van der Waals surface area contributed by atoms with Crippen LogP contribution in [-0.4, -0.2) is 27.3 Å². The third-order valence-corrected chi connectivity index (χ3v) is 10.7. The number of aromatic nitrogens is 2. The summed E-state index contributed by atoms with van der Waals surface area (Å²) in [6.07, 6.45) is -2.85. The average Bonchev–Trinajstić information content (AvgIpc) is 3.03. The predicted molar refractivity (Wildman–Crippen MR) is 223 cm³/mol. The number of ketones is 1. The largest absolute Gasteiger partial charge is 0.512 e. The molecule has 1 heterocycles. The molecule has 309 valence electrons. The van der Waals surface area contributed by atoms with E-state index in [1.807, 2.05) is 44.2 Å². The fourth-order valence-electron chi connectivity index (χ4n) is 7.81. The van der Waals surface area contributed by atoms with Gasteiger partial charge in [-0.05, 0) is 71.6 Å². The van der Waals surface area contributed by atoms with Crippen molar-refractivity contribution in [3.8, 4) is 22.4 Å². The van der Waals surface area contributed by atoms with Crippen LogP contribution in [0.15, 0.2) is 66.4 Å². The number of aryl methyl sites for hydroxylation is 2. The number of allylic oxidation sites excluding steroid dienone is 2. The number of carbonyl (C=O) groups is 1. The van der Waals surface area contributed by atoms with E-state index in [2.05, 4.69) is 111 Å². The van der Waals surface area contributed by atoms with Crippen molar-refractivity contribution in [2.45, 2.75) is 122 Å². The summed E-state index contributed by atoms with van der Waals surface area (Å²) < 4.78 is 40.2. The van der Waals surface area contributed by atoms with Gasteiger partial charge in [0.1, 0.15) is 0 Å². The zero-order valence-corrected chi connectivity index (χ0v) is 38.6. The normalized spacial score (nSPS) is 12.9. The number of aliphatic hydroxyl groups is 1. The first kappa shape index (κ1) is 48.8. The van der Waals surface area contributed by atoms with Crippen molar-refractivity contribution in [1.29, 1.82) is 0 Å². The molecular weight excluding hydrogens is 886 g/mol. The molecule has 0 amide bonds. The maximum absolute atomic E-state index is 13.4. The van der Waals surface area contributed by atoms with E-state index in [0.717, 1.165) is 33.3 Å². The fraction of sp³-hybridized carbons (Fsp3) is 0.521. The molecule has 0 bridgehead atoms. The summed E-state index contributed by atoms with van der Waals surface area (Å²) in [5.74, 6) is 1.63. The van der Waals surface area contributed by atoms with Crippen LogP contribution < -0.4 is 0 Å². The van der Waals surface area contributed by atoms with E-state index in [1.165, 1.54) is 30.9 Å². The van der Waals surface area contributed by atoms with E-state index in [-0.39, 0.29) is 55.3 Å². The van der Waals surface area contributed by atoms with Gasteiger partial charge in [0.25, 0.3) is 0 Å². The Hall–Kier alpha value is -3.35. The Morgan fingerprint density at radius 1 is 0.768 bits per heavy atom. The van der Waals surface area contributed by atoms with E-state index >= 15 is 0 Å². The molecule has 0 atom stereocenters. The van der Waals surface area contributed by atoms with Gasteiger partial charge in [0.05, 0.1) is 16.9 Å². The van der Waals surface area contributed by atoms with Gasteiger partial charge in [-0.25, -0.2) is 0 Å². The van der Waals surface area contributed by atoms with Gasteiger partial charge in [-0.1, -0.05) is 143 Å². The molecule has 8 heteroatoms. The van der Waals surface area contributed by atoms with E-state index < -0.39 is 11.6 Å². The van der Waals surface area contributed by atoms with Gasteiger partial charge in [-0.15, -0.1) is 29.1 Å². The zero-order chi connectivity index (χ0) is 41.8. The van der Waals surface area contributed by atoms with E-state index in [0.29, 0.717) is 34.9 Å². The molecule has 0 saturated heterocycles. The first-order valence-corrected chi connectivity index (χ1v) is 19.7. The molecule has 0 spiro atoms. The van der Waals surface area contributed by atoms with Gasteiger partial charge in [0.2, 0.25) is 0 Å². The summed E-state index contributed by atoms with van der Waals surface area (Å²) >= 11 is 0. The van der Waals surface area contributed by atoms with Gasteiger partial charge in [0.15, 0.2) is 5.78 Å². The molecule has 0 aliphatic carbocycles. The van der Waals surface area contributed by atoms with Gasteiger partial charge >= 0.3 is 6.18 Å². The van der Waals surface area contributed by atoms with Crippen LogP contribution in [-0.2, 0) is 36.7 Å². The summed E-state index contributed by atoms with van der Waals surface area (Å²) in [4.78, 5) is 12.3. The molecule has 4 nitrogen and oxygen atoms in total. The molecule has 4 rings (SSSR count). The third-order valence-electron chi connectivity index (χ3n) is 10.7. The number of carbonyl (C=O) groups excluding carboxylic acids is 1. The van der Waals surface area contributed by atoms with Crippen molar-refractivity contribution in [1.82, 2.24) is 10.2 Å². The van der Waals surface area contributed by atoms with Crippen molar-refractivity contribution >= 4 is 16.6 Å². The van der Waals surface area contributed by atoms with Crippen LogP contribution >= 0.6 is 0 Å². The van der Waals surface area contributed by atoms with Crippen molar-refractivity contribution in [3.05, 3.63) is 94.9 Å². The number of alkyl halides is 3. The Kier molecular flexibility index (Phi) is 16.9. The molecule has 4 aromatic rings. The second-order valence-corrected chi connectivity index (χ2v) is 18.3. The maximum Gasteiger partial charge on any atom is 0.394 e. The van der Waals surface area contributed by atoms with E-state index in [4.69, 9.17) is 0 Å². The molecule has 1 N–H and O–H groups in total. The van der Waals surface area contributed by atoms with Crippen LogP contribution in [0.25, 0.3) is 33.2 Å². The predicted octanol–water partition coefficient (Wildman–Crippen LogP) is 13.7. The maximum atomic E-state index is 13.4. The quantitative estimate of drug-likeness (QED) is 0.0924.